The summed E-state index contributed by atoms with van der Waals surface area (Å²) in [6.07, 6.45) is 5.56. The summed E-state index contributed by atoms with van der Waals surface area (Å²) in [4.78, 5) is 27.1. The van der Waals surface area contributed by atoms with Gasteiger partial charge in [-0.2, -0.15) is 0 Å². The molecule has 21 heavy (non-hydrogen) atoms. The van der Waals surface area contributed by atoms with Gasteiger partial charge in [-0.25, -0.2) is 0 Å². The Hall–Kier alpha value is -1.14. The normalized spacial score (nSPS) is 17.5. The minimum Gasteiger partial charge on any atom is -0.355 e. The maximum absolute atomic E-state index is 11.4. The van der Waals surface area contributed by atoms with Gasteiger partial charge in [0.05, 0.1) is 13.1 Å². The second-order valence-corrected chi connectivity index (χ2v) is 6.02. The fraction of sp³-hybridized carbons (Fsp3) is 0.867. The van der Waals surface area contributed by atoms with Crippen molar-refractivity contribution in [2.45, 2.75) is 32.1 Å². The van der Waals surface area contributed by atoms with Crippen molar-refractivity contribution in [3.8, 4) is 0 Å². The van der Waals surface area contributed by atoms with Gasteiger partial charge >= 0.3 is 0 Å². The van der Waals surface area contributed by atoms with E-state index < -0.39 is 0 Å². The Labute approximate surface area is 127 Å². The van der Waals surface area contributed by atoms with E-state index >= 15 is 0 Å². The van der Waals surface area contributed by atoms with Gasteiger partial charge in [-0.1, -0.05) is 19.3 Å². The number of nitrogens with one attached hydrogen (secondary N) is 2. The molecule has 6 nitrogen and oxygen atoms in total. The van der Waals surface area contributed by atoms with E-state index in [1.165, 1.54) is 6.42 Å². The lowest BCUT2D eigenvalue weighted by Crippen LogP contribution is -2.30. The predicted octanol–water partition coefficient (Wildman–Crippen LogP) is -0.199. The number of unbranched alkanes of at least 4 members (excludes halogenated alkanes) is 4. The minimum atomic E-state index is 0.154. The van der Waals surface area contributed by atoms with Crippen LogP contribution in [0.4, 0.5) is 0 Å². The zero-order valence-electron chi connectivity index (χ0n) is 12.9. The Morgan fingerprint density at radius 3 is 1.43 bits per heavy atom. The molecule has 0 atom stereocenters. The molecule has 0 aromatic heterocycles. The van der Waals surface area contributed by atoms with Gasteiger partial charge in [0.15, 0.2) is 0 Å². The highest BCUT2D eigenvalue weighted by Gasteiger charge is 2.20. The molecular formula is C15H28N4O2. The molecule has 0 aromatic carbocycles. The first kappa shape index (κ1) is 16.2. The molecule has 0 unspecified atom stereocenters. The molecule has 0 aliphatic carbocycles. The number of amides is 2. The second kappa shape index (κ2) is 9.00. The summed E-state index contributed by atoms with van der Waals surface area (Å²) in [5.74, 6) is 0.309. The maximum Gasteiger partial charge on any atom is 0.234 e. The van der Waals surface area contributed by atoms with E-state index in [1.54, 1.807) is 0 Å². The van der Waals surface area contributed by atoms with Crippen LogP contribution in [0.1, 0.15) is 32.1 Å². The van der Waals surface area contributed by atoms with Crippen molar-refractivity contribution in [1.29, 1.82) is 0 Å². The highest BCUT2D eigenvalue weighted by molar-refractivity contribution is 5.78. The van der Waals surface area contributed by atoms with E-state index in [0.717, 1.165) is 65.0 Å². The first-order valence-electron chi connectivity index (χ1n) is 8.22. The van der Waals surface area contributed by atoms with Gasteiger partial charge in [0.25, 0.3) is 0 Å². The van der Waals surface area contributed by atoms with Crippen LogP contribution < -0.4 is 10.6 Å². The molecule has 2 amide bonds. The summed E-state index contributed by atoms with van der Waals surface area (Å²) in [5.41, 5.74) is 0. The van der Waals surface area contributed by atoms with Crippen LogP contribution in [0.25, 0.3) is 0 Å². The van der Waals surface area contributed by atoms with Crippen LogP contribution in [0.2, 0.25) is 0 Å². The quantitative estimate of drug-likeness (QED) is 0.387. The number of hydrogen-bond donors (Lipinski definition) is 2. The molecule has 0 bridgehead atoms. The zero-order valence-corrected chi connectivity index (χ0v) is 12.9. The van der Waals surface area contributed by atoms with Crippen LogP contribution in [0.15, 0.2) is 0 Å². The van der Waals surface area contributed by atoms with E-state index in [0.29, 0.717) is 13.1 Å². The van der Waals surface area contributed by atoms with E-state index in [9.17, 15) is 9.59 Å². The number of rotatable bonds is 12. The molecule has 2 aliphatic heterocycles. The lowest BCUT2D eigenvalue weighted by atomic mass is 10.1. The zero-order chi connectivity index (χ0) is 14.9. The molecule has 2 saturated heterocycles. The van der Waals surface area contributed by atoms with Crippen molar-refractivity contribution < 1.29 is 9.59 Å². The summed E-state index contributed by atoms with van der Waals surface area (Å²) in [7, 11) is 0. The van der Waals surface area contributed by atoms with Gasteiger partial charge in [0.1, 0.15) is 0 Å². The summed E-state index contributed by atoms with van der Waals surface area (Å²) in [6, 6.07) is 0. The van der Waals surface area contributed by atoms with Crippen LogP contribution in [-0.4, -0.2) is 74.0 Å². The Morgan fingerprint density at radius 1 is 0.667 bits per heavy atom. The summed E-state index contributed by atoms with van der Waals surface area (Å²) in [5, 5.41) is 5.91. The fourth-order valence-corrected chi connectivity index (χ4v) is 2.21. The maximum atomic E-state index is 11.4. The molecule has 6 heteroatoms. The third kappa shape index (κ3) is 8.67. The summed E-state index contributed by atoms with van der Waals surface area (Å²) in [6.45, 7) is 7.00. The third-order valence-corrected chi connectivity index (χ3v) is 3.81. The van der Waals surface area contributed by atoms with Crippen LogP contribution in [0.3, 0.4) is 0 Å². The summed E-state index contributed by atoms with van der Waals surface area (Å²) >= 11 is 0. The van der Waals surface area contributed by atoms with Crippen LogP contribution in [0, 0.1) is 0 Å². The molecule has 120 valence electrons. The fourth-order valence-electron chi connectivity index (χ4n) is 2.21. The lowest BCUT2D eigenvalue weighted by molar-refractivity contribution is -0.121. The van der Waals surface area contributed by atoms with E-state index in [-0.39, 0.29) is 11.8 Å². The number of hydrogen-bond acceptors (Lipinski definition) is 4. The van der Waals surface area contributed by atoms with Crippen molar-refractivity contribution in [3.05, 3.63) is 0 Å². The van der Waals surface area contributed by atoms with Crippen LogP contribution in [-0.2, 0) is 9.59 Å². The molecule has 2 aliphatic rings. The molecule has 0 spiro atoms. The number of nitrogens with zero attached hydrogens (tertiary/aromatic N) is 2. The van der Waals surface area contributed by atoms with Gasteiger partial charge < -0.3 is 10.6 Å². The van der Waals surface area contributed by atoms with Crippen molar-refractivity contribution in [3.63, 3.8) is 0 Å². The van der Waals surface area contributed by atoms with Gasteiger partial charge in [-0.05, 0) is 12.8 Å². The van der Waals surface area contributed by atoms with Gasteiger partial charge in [0.2, 0.25) is 11.8 Å². The van der Waals surface area contributed by atoms with E-state index in [1.807, 2.05) is 0 Å². The molecule has 2 rings (SSSR count). The molecule has 0 saturated carbocycles. The highest BCUT2D eigenvalue weighted by Crippen LogP contribution is 2.03. The third-order valence-electron chi connectivity index (χ3n) is 3.81. The average molecular weight is 296 g/mol. The number of carbonyl (C=O) groups is 2. The van der Waals surface area contributed by atoms with Crippen molar-refractivity contribution in [1.82, 2.24) is 20.4 Å². The first-order valence-corrected chi connectivity index (χ1v) is 8.22. The largest absolute Gasteiger partial charge is 0.355 e. The van der Waals surface area contributed by atoms with Gasteiger partial charge in [-0.15, -0.1) is 0 Å². The lowest BCUT2D eigenvalue weighted by Gasteiger charge is -2.06. The molecular weight excluding hydrogens is 268 g/mol. The topological polar surface area (TPSA) is 64.2 Å². The summed E-state index contributed by atoms with van der Waals surface area (Å²) < 4.78 is 0. The Balaban J connectivity index is 1.28. The standard InChI is InChI=1S/C15H28N4O2/c20-14(12-18-8-9-18)16-6-4-2-1-3-5-7-17-15(21)13-19-10-11-19/h1-13H2,(H,16,20)(H,17,21). The first-order chi connectivity index (χ1) is 10.2. The molecule has 0 radical (unpaired) electrons. The molecule has 2 N–H and O–H groups in total. The van der Waals surface area contributed by atoms with Crippen molar-refractivity contribution >= 4 is 11.8 Å². The van der Waals surface area contributed by atoms with E-state index in [4.69, 9.17) is 0 Å². The Bertz CT molecular complexity index is 309. The van der Waals surface area contributed by atoms with Crippen molar-refractivity contribution in [2.75, 3.05) is 52.4 Å². The number of carbonyl (C=O) groups excluding carboxylic acids is 2. The SMILES string of the molecule is O=C(CN1CC1)NCCCCCCCNC(=O)CN1CC1. The molecule has 0 aromatic rings. The minimum absolute atomic E-state index is 0.154. The van der Waals surface area contributed by atoms with Crippen LogP contribution in [0.5, 0.6) is 0 Å². The molecule has 2 fully saturated rings. The Morgan fingerprint density at radius 2 is 1.05 bits per heavy atom. The van der Waals surface area contributed by atoms with E-state index in [2.05, 4.69) is 20.4 Å². The monoisotopic (exact) mass is 296 g/mol. The van der Waals surface area contributed by atoms with Gasteiger partial charge in [0, 0.05) is 39.3 Å². The predicted molar refractivity (Wildman–Crippen MR) is 82.0 cm³/mol. The smallest absolute Gasteiger partial charge is 0.234 e. The van der Waals surface area contributed by atoms with Gasteiger partial charge in [-0.3, -0.25) is 19.4 Å². The van der Waals surface area contributed by atoms with Crippen LogP contribution >= 0.6 is 0 Å². The Kier molecular flexibility index (Phi) is 6.95. The van der Waals surface area contributed by atoms with Crippen molar-refractivity contribution in [2.24, 2.45) is 0 Å². The average Bonchev–Trinajstić information content (AvgIpc) is 3.33. The highest BCUT2D eigenvalue weighted by atomic mass is 16.2. The molecule has 2 heterocycles. The second-order valence-electron chi connectivity index (χ2n) is 6.02.